The zero-order valence-corrected chi connectivity index (χ0v) is 13.0. The van der Waals surface area contributed by atoms with Crippen LogP contribution in [0.3, 0.4) is 0 Å². The number of aromatic carboxylic acids is 1. The van der Waals surface area contributed by atoms with Crippen molar-refractivity contribution in [2.45, 2.75) is 20.0 Å². The van der Waals surface area contributed by atoms with Gasteiger partial charge in [0.15, 0.2) is 0 Å². The van der Waals surface area contributed by atoms with Gasteiger partial charge in [0.05, 0.1) is 5.56 Å². The normalized spacial score (nSPS) is 12.2. The average molecular weight is 325 g/mol. The van der Waals surface area contributed by atoms with E-state index < -0.39 is 12.1 Å². The predicted molar refractivity (Wildman–Crippen MR) is 83.4 cm³/mol. The average Bonchev–Trinajstić information content (AvgIpc) is 2.42. The second kappa shape index (κ2) is 6.06. The number of aryl methyl sites for hydroxylation is 2. The highest BCUT2D eigenvalue weighted by atomic mass is 35.5. The van der Waals surface area contributed by atoms with Gasteiger partial charge in [0.25, 0.3) is 0 Å². The number of benzene rings is 2. The molecule has 0 aliphatic rings. The Balaban J connectivity index is 2.68. The van der Waals surface area contributed by atoms with Gasteiger partial charge in [-0.3, -0.25) is 0 Å². The van der Waals surface area contributed by atoms with Gasteiger partial charge in [-0.1, -0.05) is 35.3 Å². The predicted octanol–water partition coefficient (Wildman–Crippen LogP) is 4.39. The van der Waals surface area contributed by atoms with E-state index in [9.17, 15) is 15.0 Å². The molecule has 0 radical (unpaired) electrons. The lowest BCUT2D eigenvalue weighted by atomic mass is 9.90. The van der Waals surface area contributed by atoms with E-state index >= 15 is 0 Å². The van der Waals surface area contributed by atoms with Crippen molar-refractivity contribution in [2.24, 2.45) is 0 Å². The van der Waals surface area contributed by atoms with Gasteiger partial charge < -0.3 is 10.2 Å². The Hall–Kier alpha value is -1.55. The Morgan fingerprint density at radius 3 is 2.33 bits per heavy atom. The summed E-state index contributed by atoms with van der Waals surface area (Å²) in [6.07, 6.45) is -1.15. The van der Waals surface area contributed by atoms with Gasteiger partial charge in [0, 0.05) is 21.2 Å². The van der Waals surface area contributed by atoms with Gasteiger partial charge in [0.1, 0.15) is 6.10 Å². The molecule has 0 fully saturated rings. The number of carboxylic acid groups (broad SMARTS) is 1. The third kappa shape index (κ3) is 3.05. The lowest BCUT2D eigenvalue weighted by Crippen LogP contribution is -2.12. The zero-order valence-electron chi connectivity index (χ0n) is 11.5. The van der Waals surface area contributed by atoms with Crippen LogP contribution in [0.4, 0.5) is 0 Å². The van der Waals surface area contributed by atoms with Gasteiger partial charge in [-0.15, -0.1) is 0 Å². The Bertz CT molecular complexity index is 711. The van der Waals surface area contributed by atoms with Crippen LogP contribution in [0.2, 0.25) is 10.0 Å². The van der Waals surface area contributed by atoms with Crippen molar-refractivity contribution in [1.82, 2.24) is 0 Å². The minimum Gasteiger partial charge on any atom is -0.478 e. The van der Waals surface area contributed by atoms with Crippen LogP contribution in [0.1, 0.15) is 38.7 Å². The summed E-state index contributed by atoms with van der Waals surface area (Å²) >= 11 is 12.0. The van der Waals surface area contributed by atoms with E-state index in [1.165, 1.54) is 0 Å². The van der Waals surface area contributed by atoms with Crippen LogP contribution < -0.4 is 0 Å². The first kappa shape index (κ1) is 15.8. The molecule has 0 aliphatic heterocycles. The van der Waals surface area contributed by atoms with Crippen LogP contribution in [0.15, 0.2) is 30.3 Å². The maximum Gasteiger partial charge on any atom is 0.336 e. The number of rotatable bonds is 3. The monoisotopic (exact) mass is 324 g/mol. The van der Waals surface area contributed by atoms with Crippen molar-refractivity contribution >= 4 is 29.2 Å². The molecule has 2 N–H and O–H groups in total. The number of halogens is 2. The van der Waals surface area contributed by atoms with Crippen LogP contribution in [0.5, 0.6) is 0 Å². The van der Waals surface area contributed by atoms with Crippen molar-refractivity contribution in [1.29, 1.82) is 0 Å². The maximum absolute atomic E-state index is 11.5. The maximum atomic E-state index is 11.5. The van der Waals surface area contributed by atoms with Crippen molar-refractivity contribution in [3.8, 4) is 0 Å². The molecule has 2 aromatic carbocycles. The summed E-state index contributed by atoms with van der Waals surface area (Å²) in [6, 6.07) is 8.23. The van der Waals surface area contributed by atoms with E-state index in [0.29, 0.717) is 32.3 Å². The number of aliphatic hydroxyl groups excluding tert-OH is 1. The zero-order chi connectivity index (χ0) is 15.7. The molecule has 1 unspecified atom stereocenters. The highest BCUT2D eigenvalue weighted by Crippen LogP contribution is 2.34. The summed E-state index contributed by atoms with van der Waals surface area (Å²) in [5.41, 5.74) is 2.09. The van der Waals surface area contributed by atoms with Gasteiger partial charge in [-0.2, -0.15) is 0 Å². The van der Waals surface area contributed by atoms with E-state index in [2.05, 4.69) is 0 Å². The molecule has 3 nitrogen and oxygen atoms in total. The number of carboxylic acids is 1. The third-order valence-electron chi connectivity index (χ3n) is 3.41. The number of aliphatic hydroxyl groups is 1. The molecule has 0 aliphatic carbocycles. The first-order valence-corrected chi connectivity index (χ1v) is 7.05. The van der Waals surface area contributed by atoms with Crippen LogP contribution >= 0.6 is 23.2 Å². The minimum absolute atomic E-state index is 0.0959. The molecule has 1 atom stereocenters. The van der Waals surface area contributed by atoms with Crippen LogP contribution in [0.25, 0.3) is 0 Å². The van der Waals surface area contributed by atoms with Crippen LogP contribution in [-0.4, -0.2) is 16.2 Å². The summed E-state index contributed by atoms with van der Waals surface area (Å²) in [4.78, 5) is 11.5. The first-order chi connectivity index (χ1) is 9.82. The van der Waals surface area contributed by atoms with Crippen molar-refractivity contribution < 1.29 is 15.0 Å². The SMILES string of the molecule is Cc1ccc(C)c(C(O)c2cc(Cl)ccc2Cl)c1C(=O)O. The van der Waals surface area contributed by atoms with E-state index in [0.717, 1.165) is 0 Å². The summed E-state index contributed by atoms with van der Waals surface area (Å²) in [7, 11) is 0. The highest BCUT2D eigenvalue weighted by Gasteiger charge is 2.24. The Morgan fingerprint density at radius 1 is 1.10 bits per heavy atom. The fraction of sp³-hybridized carbons (Fsp3) is 0.188. The highest BCUT2D eigenvalue weighted by molar-refractivity contribution is 6.33. The Morgan fingerprint density at radius 2 is 1.71 bits per heavy atom. The molecule has 0 saturated heterocycles. The lowest BCUT2D eigenvalue weighted by molar-refractivity contribution is 0.0690. The Labute approximate surface area is 132 Å². The lowest BCUT2D eigenvalue weighted by Gasteiger charge is -2.19. The quantitative estimate of drug-likeness (QED) is 0.880. The number of carbonyl (C=O) groups is 1. The van der Waals surface area contributed by atoms with E-state index in [4.69, 9.17) is 23.2 Å². The molecule has 0 saturated carbocycles. The summed E-state index contributed by atoms with van der Waals surface area (Å²) < 4.78 is 0. The molecule has 21 heavy (non-hydrogen) atoms. The number of hydrogen-bond acceptors (Lipinski definition) is 2. The molecule has 110 valence electrons. The van der Waals surface area contributed by atoms with Crippen LogP contribution in [0, 0.1) is 13.8 Å². The van der Waals surface area contributed by atoms with Crippen molar-refractivity contribution in [3.05, 3.63) is 68.2 Å². The second-order valence-electron chi connectivity index (χ2n) is 4.86. The van der Waals surface area contributed by atoms with E-state index in [1.807, 2.05) is 0 Å². The molecule has 5 heteroatoms. The molecule has 0 amide bonds. The fourth-order valence-corrected chi connectivity index (χ4v) is 2.75. The third-order valence-corrected chi connectivity index (χ3v) is 3.99. The summed E-state index contributed by atoms with van der Waals surface area (Å²) in [5.74, 6) is -1.08. The topological polar surface area (TPSA) is 57.5 Å². The van der Waals surface area contributed by atoms with Crippen molar-refractivity contribution in [3.63, 3.8) is 0 Å². The van der Waals surface area contributed by atoms with E-state index in [1.54, 1.807) is 44.2 Å². The Kier molecular flexibility index (Phi) is 4.57. The standard InChI is InChI=1S/C16H14Cl2O3/c1-8-3-4-9(2)14(16(20)21)13(8)15(19)11-7-10(17)5-6-12(11)18/h3-7,15,19H,1-2H3,(H,20,21). The van der Waals surface area contributed by atoms with E-state index in [-0.39, 0.29) is 5.56 Å². The molecule has 2 aromatic rings. The second-order valence-corrected chi connectivity index (χ2v) is 5.71. The van der Waals surface area contributed by atoms with Gasteiger partial charge >= 0.3 is 5.97 Å². The molecule has 0 aromatic heterocycles. The fourth-order valence-electron chi connectivity index (χ4n) is 2.35. The molecular weight excluding hydrogens is 311 g/mol. The molecular formula is C16H14Cl2O3. The first-order valence-electron chi connectivity index (χ1n) is 6.29. The molecule has 2 rings (SSSR count). The van der Waals surface area contributed by atoms with Gasteiger partial charge in [-0.25, -0.2) is 4.79 Å². The van der Waals surface area contributed by atoms with Crippen LogP contribution in [-0.2, 0) is 0 Å². The van der Waals surface area contributed by atoms with Gasteiger partial charge in [0.2, 0.25) is 0 Å². The number of hydrogen-bond donors (Lipinski definition) is 2. The minimum atomic E-state index is -1.15. The summed E-state index contributed by atoms with van der Waals surface area (Å²) in [5, 5.41) is 20.8. The van der Waals surface area contributed by atoms with Gasteiger partial charge in [-0.05, 0) is 43.2 Å². The summed E-state index contributed by atoms with van der Waals surface area (Å²) in [6.45, 7) is 3.45. The largest absolute Gasteiger partial charge is 0.478 e. The molecule has 0 heterocycles. The smallest absolute Gasteiger partial charge is 0.336 e. The molecule has 0 bridgehead atoms. The molecule has 0 spiro atoms. The van der Waals surface area contributed by atoms with Crippen molar-refractivity contribution in [2.75, 3.05) is 0 Å².